The van der Waals surface area contributed by atoms with Crippen LogP contribution in [0.4, 0.5) is 0 Å². The van der Waals surface area contributed by atoms with E-state index < -0.39 is 0 Å². The van der Waals surface area contributed by atoms with E-state index in [4.69, 9.17) is 9.84 Å². The third-order valence-electron chi connectivity index (χ3n) is 2.85. The average molecular weight is 344 g/mol. The molecule has 0 bridgehead atoms. The number of hydrogen-bond donors (Lipinski definition) is 2. The summed E-state index contributed by atoms with van der Waals surface area (Å²) in [6.45, 7) is 2.92. The van der Waals surface area contributed by atoms with Crippen LogP contribution >= 0.6 is 15.9 Å². The first-order chi connectivity index (χ1) is 9.63. The highest BCUT2D eigenvalue weighted by atomic mass is 79.9. The van der Waals surface area contributed by atoms with Crippen molar-refractivity contribution in [1.82, 2.24) is 5.32 Å². The molecule has 0 aliphatic rings. The minimum atomic E-state index is -0.111. The Bertz CT molecular complexity index is 424. The highest BCUT2D eigenvalue weighted by Gasteiger charge is 2.05. The Labute approximate surface area is 128 Å². The zero-order valence-corrected chi connectivity index (χ0v) is 13.4. The van der Waals surface area contributed by atoms with Crippen LogP contribution in [0, 0.1) is 6.92 Å². The Balaban J connectivity index is 2.16. The zero-order chi connectivity index (χ0) is 14.8. The molecule has 0 atom stereocenters. The highest BCUT2D eigenvalue weighted by Crippen LogP contribution is 2.25. The summed E-state index contributed by atoms with van der Waals surface area (Å²) >= 11 is 3.41. The Morgan fingerprint density at radius 2 is 2.05 bits per heavy atom. The van der Waals surface area contributed by atoms with Gasteiger partial charge < -0.3 is 15.2 Å². The number of unbranched alkanes of at least 4 members (excludes halogenated alkanes) is 3. The van der Waals surface area contributed by atoms with Crippen LogP contribution in [0.1, 0.15) is 31.2 Å². The van der Waals surface area contributed by atoms with Crippen LogP contribution in [-0.4, -0.2) is 30.8 Å². The smallest absolute Gasteiger partial charge is 0.257 e. The summed E-state index contributed by atoms with van der Waals surface area (Å²) in [4.78, 5) is 11.6. The van der Waals surface area contributed by atoms with Crippen molar-refractivity contribution in [3.05, 3.63) is 28.2 Å². The van der Waals surface area contributed by atoms with Gasteiger partial charge in [0.05, 0.1) is 4.47 Å². The first-order valence-corrected chi connectivity index (χ1v) is 7.69. The van der Waals surface area contributed by atoms with Gasteiger partial charge in [0.1, 0.15) is 5.75 Å². The molecule has 0 heterocycles. The Hall–Kier alpha value is -1.07. The first-order valence-electron chi connectivity index (χ1n) is 6.90. The van der Waals surface area contributed by atoms with Crippen LogP contribution in [0.15, 0.2) is 22.7 Å². The van der Waals surface area contributed by atoms with Gasteiger partial charge in [-0.05, 0) is 53.4 Å². The normalized spacial score (nSPS) is 10.3. The first kappa shape index (κ1) is 17.0. The lowest BCUT2D eigenvalue weighted by atomic mass is 10.2. The molecule has 0 saturated heterocycles. The van der Waals surface area contributed by atoms with Gasteiger partial charge in [-0.3, -0.25) is 4.79 Å². The van der Waals surface area contributed by atoms with Crippen molar-refractivity contribution in [3.8, 4) is 5.75 Å². The highest BCUT2D eigenvalue weighted by molar-refractivity contribution is 9.10. The number of amides is 1. The molecule has 0 aliphatic carbocycles. The molecular formula is C15H22BrNO3. The second kappa shape index (κ2) is 9.77. The van der Waals surface area contributed by atoms with Gasteiger partial charge >= 0.3 is 0 Å². The van der Waals surface area contributed by atoms with Crippen molar-refractivity contribution in [2.45, 2.75) is 32.6 Å². The predicted octanol–water partition coefficient (Wildman–Crippen LogP) is 2.81. The van der Waals surface area contributed by atoms with E-state index in [1.54, 1.807) is 0 Å². The Morgan fingerprint density at radius 3 is 2.75 bits per heavy atom. The van der Waals surface area contributed by atoms with Crippen LogP contribution in [0.5, 0.6) is 5.75 Å². The van der Waals surface area contributed by atoms with Crippen molar-refractivity contribution in [2.75, 3.05) is 19.8 Å². The number of aryl methyl sites for hydroxylation is 1. The summed E-state index contributed by atoms with van der Waals surface area (Å²) < 4.78 is 6.31. The molecule has 1 amide bonds. The quantitative estimate of drug-likeness (QED) is 0.678. The molecule has 1 rings (SSSR count). The van der Waals surface area contributed by atoms with Crippen LogP contribution in [0.25, 0.3) is 0 Å². The summed E-state index contributed by atoms with van der Waals surface area (Å²) in [6, 6.07) is 5.75. The molecule has 2 N–H and O–H groups in total. The zero-order valence-electron chi connectivity index (χ0n) is 11.8. The Morgan fingerprint density at radius 1 is 1.30 bits per heavy atom. The van der Waals surface area contributed by atoms with Gasteiger partial charge in [0.25, 0.3) is 5.91 Å². The summed E-state index contributed by atoms with van der Waals surface area (Å²) in [7, 11) is 0. The van der Waals surface area contributed by atoms with Gasteiger partial charge in [0.15, 0.2) is 6.61 Å². The van der Waals surface area contributed by atoms with Crippen LogP contribution in [0.2, 0.25) is 0 Å². The van der Waals surface area contributed by atoms with E-state index in [-0.39, 0.29) is 19.1 Å². The fourth-order valence-electron chi connectivity index (χ4n) is 1.74. The number of benzene rings is 1. The van der Waals surface area contributed by atoms with Gasteiger partial charge in [0.2, 0.25) is 0 Å². The lowest BCUT2D eigenvalue weighted by Gasteiger charge is -2.09. The molecule has 4 nitrogen and oxygen atoms in total. The monoisotopic (exact) mass is 343 g/mol. The van der Waals surface area contributed by atoms with Gasteiger partial charge in [-0.1, -0.05) is 18.9 Å². The van der Waals surface area contributed by atoms with Crippen molar-refractivity contribution >= 4 is 21.8 Å². The fraction of sp³-hybridized carbons (Fsp3) is 0.533. The van der Waals surface area contributed by atoms with E-state index in [9.17, 15) is 4.79 Å². The fourth-order valence-corrected chi connectivity index (χ4v) is 2.34. The second-order valence-corrected chi connectivity index (χ2v) is 5.56. The number of carbonyl (C=O) groups excluding carboxylic acids is 1. The molecular weight excluding hydrogens is 322 g/mol. The maximum Gasteiger partial charge on any atom is 0.257 e. The van der Waals surface area contributed by atoms with E-state index in [1.807, 2.05) is 25.1 Å². The van der Waals surface area contributed by atoms with Crippen LogP contribution in [0.3, 0.4) is 0 Å². The van der Waals surface area contributed by atoms with Crippen molar-refractivity contribution in [3.63, 3.8) is 0 Å². The Kier molecular flexibility index (Phi) is 8.30. The molecule has 0 aliphatic heterocycles. The summed E-state index contributed by atoms with van der Waals surface area (Å²) in [6.07, 6.45) is 3.78. The predicted molar refractivity (Wildman–Crippen MR) is 82.9 cm³/mol. The number of carbonyl (C=O) groups is 1. The second-order valence-electron chi connectivity index (χ2n) is 4.71. The molecule has 0 radical (unpaired) electrons. The van der Waals surface area contributed by atoms with Crippen molar-refractivity contribution in [2.24, 2.45) is 0 Å². The molecule has 5 heteroatoms. The number of hydrogen-bond acceptors (Lipinski definition) is 3. The maximum absolute atomic E-state index is 11.6. The van der Waals surface area contributed by atoms with E-state index in [0.717, 1.165) is 35.7 Å². The lowest BCUT2D eigenvalue weighted by molar-refractivity contribution is -0.123. The molecule has 0 fully saturated rings. The van der Waals surface area contributed by atoms with E-state index in [2.05, 4.69) is 21.2 Å². The van der Waals surface area contributed by atoms with E-state index in [1.165, 1.54) is 0 Å². The van der Waals surface area contributed by atoms with Gasteiger partial charge in [-0.15, -0.1) is 0 Å². The van der Waals surface area contributed by atoms with E-state index >= 15 is 0 Å². The molecule has 112 valence electrons. The summed E-state index contributed by atoms with van der Waals surface area (Å²) in [5.41, 5.74) is 1.14. The third-order valence-corrected chi connectivity index (χ3v) is 3.47. The average Bonchev–Trinajstić information content (AvgIpc) is 2.41. The van der Waals surface area contributed by atoms with Gasteiger partial charge in [-0.25, -0.2) is 0 Å². The van der Waals surface area contributed by atoms with Gasteiger partial charge in [-0.2, -0.15) is 0 Å². The number of ether oxygens (including phenoxy) is 1. The number of aliphatic hydroxyl groups is 1. The SMILES string of the molecule is Cc1ccc(OCC(=O)NCCCCCCO)c(Br)c1. The molecule has 0 spiro atoms. The minimum absolute atomic E-state index is 0.0261. The van der Waals surface area contributed by atoms with Crippen LogP contribution < -0.4 is 10.1 Å². The summed E-state index contributed by atoms with van der Waals surface area (Å²) in [5, 5.41) is 11.5. The number of nitrogens with one attached hydrogen (secondary N) is 1. The van der Waals surface area contributed by atoms with Crippen molar-refractivity contribution in [1.29, 1.82) is 0 Å². The third kappa shape index (κ3) is 6.91. The standard InChI is InChI=1S/C15H22BrNO3/c1-12-6-7-14(13(16)10-12)20-11-15(19)17-8-4-2-3-5-9-18/h6-7,10,18H,2-5,8-9,11H2,1H3,(H,17,19). The molecule has 0 saturated carbocycles. The molecule has 0 aromatic heterocycles. The number of rotatable bonds is 9. The minimum Gasteiger partial charge on any atom is -0.483 e. The summed E-state index contributed by atoms with van der Waals surface area (Å²) in [5.74, 6) is 0.563. The number of halogens is 1. The molecule has 20 heavy (non-hydrogen) atoms. The van der Waals surface area contributed by atoms with Crippen LogP contribution in [-0.2, 0) is 4.79 Å². The topological polar surface area (TPSA) is 58.6 Å². The van der Waals surface area contributed by atoms with E-state index in [0.29, 0.717) is 12.3 Å². The molecule has 1 aromatic rings. The largest absolute Gasteiger partial charge is 0.483 e. The maximum atomic E-state index is 11.6. The lowest BCUT2D eigenvalue weighted by Crippen LogP contribution is -2.29. The molecule has 1 aromatic carbocycles. The molecule has 0 unspecified atom stereocenters. The van der Waals surface area contributed by atoms with Crippen molar-refractivity contribution < 1.29 is 14.6 Å². The number of aliphatic hydroxyl groups excluding tert-OH is 1. The van der Waals surface area contributed by atoms with Gasteiger partial charge in [0, 0.05) is 13.2 Å².